The summed E-state index contributed by atoms with van der Waals surface area (Å²) in [7, 11) is 0. The van der Waals surface area contributed by atoms with Gasteiger partial charge in [0.1, 0.15) is 0 Å². The molecule has 6 nitrogen and oxygen atoms in total. The lowest BCUT2D eigenvalue weighted by atomic mass is 10.1. The highest BCUT2D eigenvalue weighted by atomic mass is 16.7. The molecule has 1 aliphatic heterocycles. The van der Waals surface area contributed by atoms with E-state index in [1.165, 1.54) is 12.1 Å². The predicted molar refractivity (Wildman–Crippen MR) is 97.6 cm³/mol. The molecule has 0 atom stereocenters. The molecule has 27 heavy (non-hydrogen) atoms. The van der Waals surface area contributed by atoms with Crippen LogP contribution in [0.1, 0.15) is 42.5 Å². The number of para-hydroxylation sites is 1. The summed E-state index contributed by atoms with van der Waals surface area (Å²) in [6.45, 7) is 3.66. The lowest BCUT2D eigenvalue weighted by Gasteiger charge is -2.13. The summed E-state index contributed by atoms with van der Waals surface area (Å²) in [4.78, 5) is 42.6. The molecule has 0 bridgehead atoms. The van der Waals surface area contributed by atoms with Gasteiger partial charge in [0.2, 0.25) is 0 Å². The number of hydroxylamine groups is 2. The molecule has 0 radical (unpaired) electrons. The Bertz CT molecular complexity index is 1050. The largest absolute Gasteiger partial charge is 0.365 e. The van der Waals surface area contributed by atoms with Gasteiger partial charge in [-0.3, -0.25) is 9.59 Å². The van der Waals surface area contributed by atoms with Crippen molar-refractivity contribution in [3.63, 3.8) is 0 Å². The van der Waals surface area contributed by atoms with Gasteiger partial charge in [-0.2, -0.15) is 0 Å². The lowest BCUT2D eigenvalue weighted by molar-refractivity contribution is -0.0585. The molecule has 0 aliphatic carbocycles. The van der Waals surface area contributed by atoms with Gasteiger partial charge in [0.25, 0.3) is 11.8 Å². The van der Waals surface area contributed by atoms with Crippen LogP contribution in [0.3, 0.4) is 0 Å². The van der Waals surface area contributed by atoms with Crippen LogP contribution in [0.4, 0.5) is 0 Å². The molecule has 4 rings (SSSR count). The highest BCUT2D eigenvalue weighted by molar-refractivity contribution is 6.21. The molecule has 2 amide bonds. The highest BCUT2D eigenvalue weighted by Gasteiger charge is 2.39. The molecular formula is C21H16N2O4. The smallest absolute Gasteiger partial charge is 0.324 e. The summed E-state index contributed by atoms with van der Waals surface area (Å²) in [6.07, 6.45) is 0. The zero-order valence-electron chi connectivity index (χ0n) is 14.8. The number of hydrogen-bond donors (Lipinski definition) is 0. The number of aromatic nitrogens is 1. The van der Waals surface area contributed by atoms with Crippen molar-refractivity contribution >= 4 is 17.8 Å². The maximum absolute atomic E-state index is 12.7. The van der Waals surface area contributed by atoms with Crippen LogP contribution in [-0.2, 0) is 4.84 Å². The van der Waals surface area contributed by atoms with Gasteiger partial charge in [-0.05, 0) is 44.2 Å². The Balaban J connectivity index is 1.64. The average Bonchev–Trinajstić information content (AvgIpc) is 3.11. The van der Waals surface area contributed by atoms with Crippen LogP contribution in [0, 0.1) is 13.8 Å². The molecule has 2 aromatic carbocycles. The molecule has 1 aromatic heterocycles. The third-order valence-electron chi connectivity index (χ3n) is 4.60. The Morgan fingerprint density at radius 1 is 0.852 bits per heavy atom. The number of hydrogen-bond acceptors (Lipinski definition) is 4. The number of fused-ring (bicyclic) bond motifs is 1. The van der Waals surface area contributed by atoms with E-state index in [1.807, 2.05) is 41.8 Å². The van der Waals surface area contributed by atoms with Gasteiger partial charge in [-0.15, -0.1) is 0 Å². The van der Waals surface area contributed by atoms with Crippen molar-refractivity contribution in [3.05, 3.63) is 88.7 Å². The second-order valence-corrected chi connectivity index (χ2v) is 6.28. The van der Waals surface area contributed by atoms with E-state index in [4.69, 9.17) is 4.84 Å². The quantitative estimate of drug-likeness (QED) is 0.671. The van der Waals surface area contributed by atoms with E-state index in [-0.39, 0.29) is 11.1 Å². The van der Waals surface area contributed by atoms with Crippen LogP contribution in [0.2, 0.25) is 0 Å². The number of imide groups is 1. The predicted octanol–water partition coefficient (Wildman–Crippen LogP) is 3.46. The topological polar surface area (TPSA) is 68.6 Å². The van der Waals surface area contributed by atoms with E-state index in [2.05, 4.69) is 0 Å². The summed E-state index contributed by atoms with van der Waals surface area (Å²) >= 11 is 0. The van der Waals surface area contributed by atoms with Crippen molar-refractivity contribution in [3.8, 4) is 5.69 Å². The summed E-state index contributed by atoms with van der Waals surface area (Å²) in [5.74, 6) is -2.03. The summed E-state index contributed by atoms with van der Waals surface area (Å²) < 4.78 is 1.92. The Labute approximate surface area is 155 Å². The van der Waals surface area contributed by atoms with Gasteiger partial charge in [-0.25, -0.2) is 4.79 Å². The molecular weight excluding hydrogens is 344 g/mol. The van der Waals surface area contributed by atoms with Crippen molar-refractivity contribution in [2.24, 2.45) is 0 Å². The number of aryl methyl sites for hydroxylation is 1. The van der Waals surface area contributed by atoms with Crippen LogP contribution < -0.4 is 0 Å². The van der Waals surface area contributed by atoms with Crippen molar-refractivity contribution < 1.29 is 19.2 Å². The number of benzene rings is 2. The first kappa shape index (κ1) is 16.8. The second-order valence-electron chi connectivity index (χ2n) is 6.28. The van der Waals surface area contributed by atoms with E-state index in [1.54, 1.807) is 25.1 Å². The first-order valence-electron chi connectivity index (χ1n) is 8.43. The van der Waals surface area contributed by atoms with E-state index in [0.29, 0.717) is 16.3 Å². The summed E-state index contributed by atoms with van der Waals surface area (Å²) in [5.41, 5.74) is 3.17. The van der Waals surface area contributed by atoms with Crippen LogP contribution >= 0.6 is 0 Å². The second kappa shape index (κ2) is 6.25. The molecule has 0 unspecified atom stereocenters. The van der Waals surface area contributed by atoms with E-state index in [0.717, 1.165) is 11.4 Å². The number of rotatable bonds is 3. The third-order valence-corrected chi connectivity index (χ3v) is 4.60. The normalized spacial score (nSPS) is 13.0. The maximum atomic E-state index is 12.7. The Morgan fingerprint density at radius 3 is 2.00 bits per heavy atom. The Hall–Kier alpha value is -3.67. The minimum atomic E-state index is -0.750. The molecule has 0 N–H and O–H groups in total. The van der Waals surface area contributed by atoms with E-state index >= 15 is 0 Å². The fourth-order valence-electron chi connectivity index (χ4n) is 3.33. The molecule has 0 fully saturated rings. The highest BCUT2D eigenvalue weighted by Crippen LogP contribution is 2.25. The van der Waals surface area contributed by atoms with Crippen LogP contribution in [-0.4, -0.2) is 27.4 Å². The average molecular weight is 360 g/mol. The van der Waals surface area contributed by atoms with Crippen LogP contribution in [0.15, 0.2) is 60.7 Å². The molecule has 6 heteroatoms. The van der Waals surface area contributed by atoms with Gasteiger partial charge in [0.05, 0.1) is 16.7 Å². The summed E-state index contributed by atoms with van der Waals surface area (Å²) in [5, 5.41) is 0.529. The van der Waals surface area contributed by atoms with Gasteiger partial charge in [0.15, 0.2) is 0 Å². The van der Waals surface area contributed by atoms with E-state index in [9.17, 15) is 14.4 Å². The number of carbonyl (C=O) groups is 3. The Morgan fingerprint density at radius 2 is 1.41 bits per heavy atom. The van der Waals surface area contributed by atoms with Gasteiger partial charge < -0.3 is 9.40 Å². The minimum absolute atomic E-state index is 0.227. The molecule has 2 heterocycles. The van der Waals surface area contributed by atoms with Crippen LogP contribution in [0.5, 0.6) is 0 Å². The van der Waals surface area contributed by atoms with Crippen molar-refractivity contribution in [2.75, 3.05) is 0 Å². The van der Waals surface area contributed by atoms with E-state index < -0.39 is 17.8 Å². The minimum Gasteiger partial charge on any atom is -0.324 e. The maximum Gasteiger partial charge on any atom is 0.365 e. The number of carbonyl (C=O) groups excluding carboxylic acids is 3. The zero-order valence-corrected chi connectivity index (χ0v) is 14.8. The van der Waals surface area contributed by atoms with Gasteiger partial charge >= 0.3 is 5.97 Å². The number of nitrogens with zero attached hydrogens (tertiary/aromatic N) is 2. The van der Waals surface area contributed by atoms with Crippen molar-refractivity contribution in [2.45, 2.75) is 13.8 Å². The zero-order chi connectivity index (χ0) is 19.1. The van der Waals surface area contributed by atoms with Crippen molar-refractivity contribution in [1.29, 1.82) is 0 Å². The van der Waals surface area contributed by atoms with Gasteiger partial charge in [-0.1, -0.05) is 35.4 Å². The molecule has 3 aromatic rings. The van der Waals surface area contributed by atoms with Crippen LogP contribution in [0.25, 0.3) is 5.69 Å². The standard InChI is InChI=1S/C21H16N2O4/c1-13-12-18(14(2)22(13)15-8-4-3-5-9-15)21(26)27-23-19(24)16-10-6-7-11-17(16)20(23)25/h3-12H,1-2H3. The lowest BCUT2D eigenvalue weighted by Crippen LogP contribution is -2.32. The Kier molecular flexibility index (Phi) is 3.88. The molecule has 0 spiro atoms. The molecule has 134 valence electrons. The van der Waals surface area contributed by atoms with Crippen molar-refractivity contribution in [1.82, 2.24) is 9.63 Å². The monoisotopic (exact) mass is 360 g/mol. The fourth-order valence-corrected chi connectivity index (χ4v) is 3.33. The molecule has 1 aliphatic rings. The molecule has 0 saturated carbocycles. The summed E-state index contributed by atoms with van der Waals surface area (Å²) in [6, 6.07) is 17.6. The van der Waals surface area contributed by atoms with Gasteiger partial charge in [0, 0.05) is 17.1 Å². The first-order chi connectivity index (χ1) is 13.0. The molecule has 0 saturated heterocycles. The third kappa shape index (κ3) is 2.62. The first-order valence-corrected chi connectivity index (χ1v) is 8.43. The SMILES string of the molecule is Cc1cc(C(=O)ON2C(=O)c3ccccc3C2=O)c(C)n1-c1ccccc1. The number of amides is 2. The fraction of sp³-hybridized carbons (Fsp3) is 0.0952.